The second kappa shape index (κ2) is 4.28. The first kappa shape index (κ1) is 7.12. The van der Waals surface area contributed by atoms with Crippen LogP contribution >= 0.6 is 23.2 Å². The van der Waals surface area contributed by atoms with E-state index in [1.807, 2.05) is 6.92 Å². The molecule has 1 nitrogen and oxygen atoms in total. The Morgan fingerprint density at radius 2 is 2.14 bits per heavy atom. The molecule has 0 heterocycles. The van der Waals surface area contributed by atoms with Gasteiger partial charge in [0.15, 0.2) is 0 Å². The predicted molar refractivity (Wildman–Crippen MR) is 31.4 cm³/mol. The van der Waals surface area contributed by atoms with E-state index in [-0.39, 0.29) is 0 Å². The molecule has 0 aromatic rings. The van der Waals surface area contributed by atoms with E-state index in [9.17, 15) is 0 Å². The maximum atomic E-state index is 5.15. The van der Waals surface area contributed by atoms with Gasteiger partial charge in [0.1, 0.15) is 0 Å². The zero-order chi connectivity index (χ0) is 5.70. The summed E-state index contributed by atoms with van der Waals surface area (Å²) in [7, 11) is 0. The van der Waals surface area contributed by atoms with Crippen LogP contribution in [0, 0.1) is 0 Å². The van der Waals surface area contributed by atoms with Gasteiger partial charge in [0.05, 0.1) is 6.26 Å². The van der Waals surface area contributed by atoms with Gasteiger partial charge in [0.25, 0.3) is 0 Å². The molecule has 0 aromatic heterocycles. The van der Waals surface area contributed by atoms with E-state index in [1.54, 1.807) is 6.08 Å². The van der Waals surface area contributed by atoms with Crippen LogP contribution in [0.1, 0.15) is 6.92 Å². The molecule has 0 amide bonds. The van der Waals surface area contributed by atoms with E-state index in [4.69, 9.17) is 23.2 Å². The second-order valence-electron chi connectivity index (χ2n) is 0.866. The van der Waals surface area contributed by atoms with Crippen LogP contribution in [0.25, 0.3) is 0 Å². The van der Waals surface area contributed by atoms with Gasteiger partial charge >= 0.3 is 0 Å². The maximum absolute atomic E-state index is 5.15. The largest absolute Gasteiger partial charge is 0.469 e. The van der Waals surface area contributed by atoms with Crippen LogP contribution < -0.4 is 0 Å². The summed E-state index contributed by atoms with van der Waals surface area (Å²) in [4.78, 5) is 0. The van der Waals surface area contributed by atoms with Gasteiger partial charge < -0.3 is 4.74 Å². The van der Waals surface area contributed by atoms with Gasteiger partial charge in [-0.2, -0.15) is 0 Å². The van der Waals surface area contributed by atoms with Crippen LogP contribution in [0.15, 0.2) is 12.3 Å². The molecule has 0 rings (SSSR count). The quantitative estimate of drug-likeness (QED) is 0.423. The number of allylic oxidation sites excluding steroid dienone is 1. The van der Waals surface area contributed by atoms with Crippen molar-refractivity contribution in [2.24, 2.45) is 0 Å². The highest BCUT2D eigenvalue weighted by Crippen LogP contribution is 2.02. The lowest BCUT2D eigenvalue weighted by atomic mass is 10.7. The summed E-state index contributed by atoms with van der Waals surface area (Å²) in [6.07, 6.45) is 3.14. The van der Waals surface area contributed by atoms with Crippen LogP contribution in [0.2, 0.25) is 0 Å². The Labute approximate surface area is 52.9 Å². The Balaban J connectivity index is 2.97. The molecular weight excluding hydrogens is 135 g/mol. The molecule has 0 aliphatic rings. The average molecular weight is 141 g/mol. The highest BCUT2D eigenvalue weighted by atomic mass is 35.5. The summed E-state index contributed by atoms with van der Waals surface area (Å²) in [6.45, 7) is 1.82. The molecular formula is C4H6Cl2O. The minimum Gasteiger partial charge on any atom is -0.469 e. The molecule has 0 atom stereocenters. The standard InChI is InChI=1S/C4H6Cl2O/c1-2-3-7-4(5)6/h2-4H,1H3. The van der Waals surface area contributed by atoms with Crippen molar-refractivity contribution in [2.75, 3.05) is 0 Å². The van der Waals surface area contributed by atoms with Gasteiger partial charge in [-0.1, -0.05) is 29.3 Å². The molecule has 0 bridgehead atoms. The Morgan fingerprint density at radius 3 is 2.29 bits per heavy atom. The molecule has 0 spiro atoms. The predicted octanol–water partition coefficient (Wildman–Crippen LogP) is 2.30. The molecule has 0 saturated carbocycles. The van der Waals surface area contributed by atoms with Crippen molar-refractivity contribution < 1.29 is 4.74 Å². The van der Waals surface area contributed by atoms with E-state index in [0.717, 1.165) is 0 Å². The zero-order valence-electron chi connectivity index (χ0n) is 3.90. The molecule has 42 valence electrons. The SMILES string of the molecule is CC=COC(Cl)Cl. The fourth-order valence-corrected chi connectivity index (χ4v) is 0.257. The van der Waals surface area contributed by atoms with Crippen LogP contribution in [0.4, 0.5) is 0 Å². The van der Waals surface area contributed by atoms with Crippen molar-refractivity contribution in [3.05, 3.63) is 12.3 Å². The van der Waals surface area contributed by atoms with E-state index in [0.29, 0.717) is 0 Å². The molecule has 0 saturated heterocycles. The summed E-state index contributed by atoms with van der Waals surface area (Å²) in [5.41, 5.74) is 0. The maximum Gasteiger partial charge on any atom is 0.246 e. The van der Waals surface area contributed by atoms with Gasteiger partial charge in [0, 0.05) is 0 Å². The normalized spacial score (nSPS) is 10.9. The summed E-state index contributed by atoms with van der Waals surface area (Å²) < 4.78 is 4.54. The molecule has 0 aromatic carbocycles. The zero-order valence-corrected chi connectivity index (χ0v) is 5.41. The third-order valence-electron chi connectivity index (χ3n) is 0.318. The highest BCUT2D eigenvalue weighted by molar-refractivity contribution is 6.43. The third kappa shape index (κ3) is 6.12. The first-order valence-electron chi connectivity index (χ1n) is 1.82. The summed E-state index contributed by atoms with van der Waals surface area (Å²) in [5, 5.41) is -0.740. The first-order valence-corrected chi connectivity index (χ1v) is 2.69. The summed E-state index contributed by atoms with van der Waals surface area (Å²) >= 11 is 10.3. The average Bonchev–Trinajstić information content (AvgIpc) is 1.61. The smallest absolute Gasteiger partial charge is 0.246 e. The first-order chi connectivity index (χ1) is 3.27. The minimum absolute atomic E-state index is 0.740. The van der Waals surface area contributed by atoms with Crippen molar-refractivity contribution in [3.8, 4) is 0 Å². The summed E-state index contributed by atoms with van der Waals surface area (Å²) in [5.74, 6) is 0. The molecule has 0 N–H and O–H groups in total. The molecule has 0 radical (unpaired) electrons. The number of hydrogen-bond acceptors (Lipinski definition) is 1. The van der Waals surface area contributed by atoms with Crippen molar-refractivity contribution in [1.29, 1.82) is 0 Å². The van der Waals surface area contributed by atoms with Crippen molar-refractivity contribution in [3.63, 3.8) is 0 Å². The molecule has 0 aliphatic carbocycles. The van der Waals surface area contributed by atoms with E-state index in [1.165, 1.54) is 6.26 Å². The van der Waals surface area contributed by atoms with Crippen LogP contribution in [0.3, 0.4) is 0 Å². The van der Waals surface area contributed by atoms with E-state index >= 15 is 0 Å². The van der Waals surface area contributed by atoms with Crippen molar-refractivity contribution in [1.82, 2.24) is 0 Å². The Kier molecular flexibility index (Phi) is 4.36. The molecule has 0 fully saturated rings. The third-order valence-corrected chi connectivity index (χ3v) is 0.523. The number of halogens is 2. The monoisotopic (exact) mass is 140 g/mol. The van der Waals surface area contributed by atoms with Gasteiger partial charge in [-0.05, 0) is 6.92 Å². The number of rotatable bonds is 2. The highest BCUT2D eigenvalue weighted by Gasteiger charge is 1.88. The van der Waals surface area contributed by atoms with Gasteiger partial charge in [0.2, 0.25) is 5.02 Å². The van der Waals surface area contributed by atoms with Gasteiger partial charge in [-0.15, -0.1) is 0 Å². The molecule has 7 heavy (non-hydrogen) atoms. The van der Waals surface area contributed by atoms with E-state index in [2.05, 4.69) is 4.74 Å². The number of hydrogen-bond donors (Lipinski definition) is 0. The fourth-order valence-electron chi connectivity index (χ4n) is 0.138. The lowest BCUT2D eigenvalue weighted by Gasteiger charge is -1.95. The second-order valence-corrected chi connectivity index (χ2v) is 1.88. The Morgan fingerprint density at radius 1 is 1.57 bits per heavy atom. The van der Waals surface area contributed by atoms with E-state index < -0.39 is 5.02 Å². The van der Waals surface area contributed by atoms with Gasteiger partial charge in [-0.3, -0.25) is 0 Å². The fraction of sp³-hybridized carbons (Fsp3) is 0.500. The number of alkyl halides is 2. The molecule has 0 aliphatic heterocycles. The Hall–Kier alpha value is 0.120. The number of ether oxygens (including phenoxy) is 1. The lowest BCUT2D eigenvalue weighted by molar-refractivity contribution is 0.280. The van der Waals surface area contributed by atoms with Crippen LogP contribution in [0.5, 0.6) is 0 Å². The van der Waals surface area contributed by atoms with Crippen LogP contribution in [-0.2, 0) is 4.74 Å². The molecule has 0 unspecified atom stereocenters. The minimum atomic E-state index is -0.740. The topological polar surface area (TPSA) is 9.23 Å². The summed E-state index contributed by atoms with van der Waals surface area (Å²) in [6, 6.07) is 0. The van der Waals surface area contributed by atoms with Crippen molar-refractivity contribution in [2.45, 2.75) is 11.9 Å². The van der Waals surface area contributed by atoms with Crippen LogP contribution in [-0.4, -0.2) is 5.02 Å². The van der Waals surface area contributed by atoms with Crippen molar-refractivity contribution >= 4 is 23.2 Å². The van der Waals surface area contributed by atoms with Gasteiger partial charge in [-0.25, -0.2) is 0 Å². The Bertz CT molecular complexity index is 60.7. The lowest BCUT2D eigenvalue weighted by Crippen LogP contribution is -1.84. The molecule has 3 heteroatoms.